The summed E-state index contributed by atoms with van der Waals surface area (Å²) in [6.45, 7) is 1.09. The molecule has 0 saturated heterocycles. The van der Waals surface area contributed by atoms with Gasteiger partial charge in [0, 0.05) is 25.6 Å². The van der Waals surface area contributed by atoms with Crippen molar-refractivity contribution in [2.24, 2.45) is 34.4 Å². The molecule has 0 amide bonds. The molecular formula is C23H46N10O10. The standard InChI is InChI=1S/C6H14N4O2.C6H9N3O2.C6H14N2O2.C5H9NO4/c7-4(5(11)12)2-1-3-10-6(8)9;7-5(6(10)11)1-4-2-8-3-9-4;7-4-2-1-3-5(8)6(9)10;6-3(5(9)10)1-2-4(7)8/h4H,1-3,7H2,(H,11,12)(H4,8,9,10);2-3,5H,1,7H2,(H,8,9)(H,10,11);5H,1-4,7-8H2,(H,9,10);3H,1-2,6H2,(H,7,8)(H,9,10)/t4-;2*5-;3-/m0000/s1. The molecule has 0 spiro atoms. The van der Waals surface area contributed by atoms with E-state index in [9.17, 15) is 24.0 Å². The molecule has 0 bridgehead atoms. The number of hydrogen-bond acceptors (Lipinski definition) is 12. The van der Waals surface area contributed by atoms with Crippen LogP contribution in [-0.4, -0.2) is 109 Å². The summed E-state index contributed by atoms with van der Waals surface area (Å²) < 4.78 is 0. The predicted molar refractivity (Wildman–Crippen MR) is 154 cm³/mol. The topological polar surface area (TPSA) is 407 Å². The molecular weight excluding hydrogens is 576 g/mol. The molecule has 0 radical (unpaired) electrons. The molecule has 0 aliphatic rings. The average molecular weight is 623 g/mol. The van der Waals surface area contributed by atoms with E-state index in [-0.39, 0.29) is 25.2 Å². The maximum atomic E-state index is 10.3. The van der Waals surface area contributed by atoms with Crippen LogP contribution in [-0.2, 0) is 30.4 Å². The van der Waals surface area contributed by atoms with Crippen LogP contribution in [0.4, 0.5) is 0 Å². The minimum absolute atomic E-state index is 0.0231. The molecule has 43 heavy (non-hydrogen) atoms. The van der Waals surface area contributed by atoms with Crippen molar-refractivity contribution in [3.05, 3.63) is 18.2 Å². The Morgan fingerprint density at radius 1 is 0.791 bits per heavy atom. The number of carbonyl (C=O) groups is 5. The molecule has 0 fully saturated rings. The first-order valence-corrected chi connectivity index (χ1v) is 12.9. The summed E-state index contributed by atoms with van der Waals surface area (Å²) in [5, 5.41) is 50.7. The molecule has 0 aliphatic heterocycles. The van der Waals surface area contributed by atoms with E-state index in [1.165, 1.54) is 6.33 Å². The molecule has 20 N–H and O–H groups in total. The van der Waals surface area contributed by atoms with E-state index in [2.05, 4.69) is 15.3 Å². The lowest BCUT2D eigenvalue weighted by atomic mass is 10.1. The van der Waals surface area contributed by atoms with E-state index in [4.69, 9.17) is 65.3 Å². The summed E-state index contributed by atoms with van der Waals surface area (Å²) in [5.74, 6) is -5.25. The van der Waals surface area contributed by atoms with Gasteiger partial charge in [0.25, 0.3) is 0 Å². The Morgan fingerprint density at radius 2 is 1.26 bits per heavy atom. The molecule has 248 valence electrons. The summed E-state index contributed by atoms with van der Waals surface area (Å²) >= 11 is 0. The molecule has 0 aliphatic carbocycles. The Morgan fingerprint density at radius 3 is 1.63 bits per heavy atom. The van der Waals surface area contributed by atoms with E-state index in [0.717, 1.165) is 12.8 Å². The summed E-state index contributed by atoms with van der Waals surface area (Å²) in [5.41, 5.74) is 31.6. The number of imidazole rings is 1. The quantitative estimate of drug-likeness (QED) is 0.0462. The van der Waals surface area contributed by atoms with Crippen LogP contribution in [0.25, 0.3) is 0 Å². The third-order valence-electron chi connectivity index (χ3n) is 4.90. The van der Waals surface area contributed by atoms with Gasteiger partial charge in [0.1, 0.15) is 24.2 Å². The molecule has 1 heterocycles. The smallest absolute Gasteiger partial charge is 0.320 e. The number of unbranched alkanes of at least 4 members (excludes halogenated alkanes) is 1. The third-order valence-corrected chi connectivity index (χ3v) is 4.90. The number of guanidine groups is 1. The van der Waals surface area contributed by atoms with Crippen LogP contribution in [0.5, 0.6) is 0 Å². The largest absolute Gasteiger partial charge is 0.481 e. The van der Waals surface area contributed by atoms with Crippen LogP contribution in [0.1, 0.15) is 50.6 Å². The Kier molecular flexibility index (Phi) is 26.6. The zero-order valence-electron chi connectivity index (χ0n) is 23.7. The van der Waals surface area contributed by atoms with E-state index < -0.39 is 54.0 Å². The predicted octanol–water partition coefficient (Wildman–Crippen LogP) is -3.18. The highest BCUT2D eigenvalue weighted by atomic mass is 16.4. The molecule has 0 unspecified atom stereocenters. The number of nitrogens with two attached hydrogens (primary N) is 6. The van der Waals surface area contributed by atoms with Gasteiger partial charge < -0.3 is 70.2 Å². The van der Waals surface area contributed by atoms with Crippen LogP contribution >= 0.6 is 0 Å². The van der Waals surface area contributed by atoms with Gasteiger partial charge in [-0.1, -0.05) is 6.42 Å². The lowest BCUT2D eigenvalue weighted by molar-refractivity contribution is -0.141. The molecule has 1 aromatic heterocycles. The van der Waals surface area contributed by atoms with E-state index in [1.54, 1.807) is 6.20 Å². The maximum Gasteiger partial charge on any atom is 0.320 e. The number of carboxylic acid groups (broad SMARTS) is 5. The number of aliphatic carboxylic acids is 5. The second kappa shape index (κ2) is 26.5. The number of rotatable bonds is 17. The van der Waals surface area contributed by atoms with Gasteiger partial charge in [-0.05, 0) is 38.6 Å². The van der Waals surface area contributed by atoms with E-state index in [1.807, 2.05) is 0 Å². The number of nitrogens with one attached hydrogen (secondary N) is 3. The van der Waals surface area contributed by atoms with E-state index in [0.29, 0.717) is 38.0 Å². The van der Waals surface area contributed by atoms with Gasteiger partial charge in [-0.3, -0.25) is 29.4 Å². The van der Waals surface area contributed by atoms with Crippen molar-refractivity contribution in [1.29, 1.82) is 5.41 Å². The molecule has 0 aromatic carbocycles. The normalized spacial score (nSPS) is 12.6. The Labute approximate surface area is 247 Å². The van der Waals surface area contributed by atoms with Crippen LogP contribution in [0.15, 0.2) is 12.5 Å². The average Bonchev–Trinajstić information content (AvgIpc) is 3.43. The fourth-order valence-electron chi connectivity index (χ4n) is 2.42. The van der Waals surface area contributed by atoms with Crippen LogP contribution in [0.3, 0.4) is 0 Å². The summed E-state index contributed by atoms with van der Waals surface area (Å²) in [6.07, 6.45) is 6.30. The molecule has 20 nitrogen and oxygen atoms in total. The molecule has 1 rings (SSSR count). The van der Waals surface area contributed by atoms with Crippen molar-refractivity contribution >= 4 is 35.8 Å². The fraction of sp³-hybridized carbons (Fsp3) is 0.609. The number of nitrogens with zero attached hydrogens (tertiary/aromatic N) is 1. The van der Waals surface area contributed by atoms with Crippen molar-refractivity contribution in [3.8, 4) is 0 Å². The first-order valence-electron chi connectivity index (χ1n) is 12.9. The second-order valence-corrected chi connectivity index (χ2v) is 8.74. The van der Waals surface area contributed by atoms with Crippen molar-refractivity contribution in [1.82, 2.24) is 15.3 Å². The van der Waals surface area contributed by atoms with Gasteiger partial charge in [0.15, 0.2) is 5.96 Å². The lowest BCUT2D eigenvalue weighted by Gasteiger charge is -2.06. The molecule has 20 heteroatoms. The highest BCUT2D eigenvalue weighted by Crippen LogP contribution is 1.97. The number of carboxylic acids is 5. The first kappa shape index (κ1) is 43.1. The van der Waals surface area contributed by atoms with Gasteiger partial charge in [0.05, 0.1) is 12.0 Å². The van der Waals surface area contributed by atoms with Crippen LogP contribution < -0.4 is 39.7 Å². The number of H-pyrrole nitrogens is 1. The Bertz CT molecular complexity index is 949. The molecule has 0 saturated carbocycles. The van der Waals surface area contributed by atoms with Crippen molar-refractivity contribution in [2.75, 3.05) is 13.1 Å². The SMILES string of the molecule is N=C(N)NCCC[C@H](N)C(=O)O.NCCCC[C@H](N)C(=O)O.N[C@@H](CCC(=O)O)C(=O)O.N[C@@H](Cc1c[nH]cn1)C(=O)O. The minimum atomic E-state index is -1.17. The highest BCUT2D eigenvalue weighted by molar-refractivity contribution is 5.75. The van der Waals surface area contributed by atoms with Gasteiger partial charge in [0.2, 0.25) is 0 Å². The first-order chi connectivity index (χ1) is 20.0. The summed E-state index contributed by atoms with van der Waals surface area (Å²) in [7, 11) is 0. The van der Waals surface area contributed by atoms with E-state index >= 15 is 0 Å². The maximum absolute atomic E-state index is 10.3. The zero-order chi connectivity index (χ0) is 34.0. The molecule has 1 aromatic rings. The van der Waals surface area contributed by atoms with Crippen molar-refractivity contribution in [3.63, 3.8) is 0 Å². The second-order valence-electron chi connectivity index (χ2n) is 8.74. The Balaban J connectivity index is -0.000000498. The monoisotopic (exact) mass is 622 g/mol. The van der Waals surface area contributed by atoms with Gasteiger partial charge in [-0.15, -0.1) is 0 Å². The number of hydrogen-bond donors (Lipinski definition) is 14. The van der Waals surface area contributed by atoms with Gasteiger partial charge in [-0.25, -0.2) is 4.98 Å². The number of aromatic amines is 1. The number of aromatic nitrogens is 2. The van der Waals surface area contributed by atoms with Crippen LogP contribution in [0, 0.1) is 5.41 Å². The van der Waals surface area contributed by atoms with Gasteiger partial charge in [-0.2, -0.15) is 0 Å². The minimum Gasteiger partial charge on any atom is -0.481 e. The van der Waals surface area contributed by atoms with Gasteiger partial charge >= 0.3 is 29.8 Å². The zero-order valence-corrected chi connectivity index (χ0v) is 23.7. The van der Waals surface area contributed by atoms with Crippen LogP contribution in [0.2, 0.25) is 0 Å². The molecule has 4 atom stereocenters. The Hall–Kier alpha value is -4.37. The highest BCUT2D eigenvalue weighted by Gasteiger charge is 2.13. The lowest BCUT2D eigenvalue weighted by Crippen LogP contribution is -2.34. The summed E-state index contributed by atoms with van der Waals surface area (Å²) in [6, 6.07) is -3.46. The third kappa shape index (κ3) is 30.4. The summed E-state index contributed by atoms with van der Waals surface area (Å²) in [4.78, 5) is 57.0. The van der Waals surface area contributed by atoms with Crippen molar-refractivity contribution < 1.29 is 49.5 Å². The fourth-order valence-corrected chi connectivity index (χ4v) is 2.42. The van der Waals surface area contributed by atoms with Crippen molar-refractivity contribution in [2.45, 2.75) is 75.5 Å².